The Morgan fingerprint density at radius 2 is 1.71 bits per heavy atom. The first-order valence-corrected chi connectivity index (χ1v) is 9.86. The van der Waals surface area contributed by atoms with Gasteiger partial charge >= 0.3 is 5.63 Å². The van der Waals surface area contributed by atoms with Gasteiger partial charge in [-0.2, -0.15) is 0 Å². The molecule has 5 rings (SSSR count). The summed E-state index contributed by atoms with van der Waals surface area (Å²) in [6, 6.07) is 19.6. The number of pyridine rings is 1. The van der Waals surface area contributed by atoms with Crippen molar-refractivity contribution in [1.29, 1.82) is 0 Å². The summed E-state index contributed by atoms with van der Waals surface area (Å²) in [7, 11) is 0. The van der Waals surface area contributed by atoms with Crippen LogP contribution in [0.5, 0.6) is 0 Å². The molecule has 2 aromatic carbocycles. The molecule has 0 amide bonds. The fraction of sp³-hybridized carbons (Fsp3) is 0.0455. The third kappa shape index (κ3) is 2.80. The molecule has 3 aromatic heterocycles. The van der Waals surface area contributed by atoms with Gasteiger partial charge < -0.3 is 4.42 Å². The molecule has 0 bridgehead atoms. The summed E-state index contributed by atoms with van der Waals surface area (Å²) in [5, 5.41) is 1.53. The Balaban J connectivity index is 1.92. The molecule has 6 heteroatoms. The number of rotatable bonds is 2. The molecule has 0 fully saturated rings. The predicted molar refractivity (Wildman–Crippen MR) is 114 cm³/mol. The van der Waals surface area contributed by atoms with Crippen LogP contribution >= 0.6 is 22.9 Å². The van der Waals surface area contributed by atoms with Crippen LogP contribution in [0, 0.1) is 6.92 Å². The van der Waals surface area contributed by atoms with Crippen molar-refractivity contribution in [3.8, 4) is 22.4 Å². The van der Waals surface area contributed by atoms with Crippen LogP contribution in [0.25, 0.3) is 42.8 Å². The highest BCUT2D eigenvalue weighted by Crippen LogP contribution is 2.39. The van der Waals surface area contributed by atoms with Crippen molar-refractivity contribution in [2.24, 2.45) is 0 Å². The van der Waals surface area contributed by atoms with Gasteiger partial charge in [0.15, 0.2) is 5.89 Å². The number of hydrogen-bond acceptors (Lipinski definition) is 5. The Hall–Kier alpha value is -3.02. The Bertz CT molecular complexity index is 1390. The van der Waals surface area contributed by atoms with Crippen LogP contribution in [0.1, 0.15) is 5.89 Å². The highest BCUT2D eigenvalue weighted by atomic mass is 35.5. The molecule has 136 valence electrons. The van der Waals surface area contributed by atoms with E-state index in [2.05, 4.69) is 4.98 Å². The Morgan fingerprint density at radius 3 is 2.46 bits per heavy atom. The zero-order valence-corrected chi connectivity index (χ0v) is 16.3. The monoisotopic (exact) mass is 404 g/mol. The summed E-state index contributed by atoms with van der Waals surface area (Å²) < 4.78 is 5.67. The Morgan fingerprint density at radius 1 is 0.964 bits per heavy atom. The van der Waals surface area contributed by atoms with E-state index in [1.807, 2.05) is 60.7 Å². The van der Waals surface area contributed by atoms with Crippen LogP contribution in [-0.4, -0.2) is 9.97 Å². The number of halogens is 1. The maximum absolute atomic E-state index is 12.4. The lowest BCUT2D eigenvalue weighted by Crippen LogP contribution is -2.00. The molecular weight excluding hydrogens is 392 g/mol. The van der Waals surface area contributed by atoms with Gasteiger partial charge in [-0.15, -0.1) is 11.3 Å². The maximum Gasteiger partial charge on any atom is 0.357 e. The number of benzene rings is 2. The SMILES string of the molecule is Cc1nc2c(sc3nc(-c4ccccc4)cc(-c4ccc(Cl)cc4)c32)c(=O)o1. The summed E-state index contributed by atoms with van der Waals surface area (Å²) in [5.74, 6) is 0.339. The van der Waals surface area contributed by atoms with E-state index in [1.54, 1.807) is 6.92 Å². The molecule has 5 aromatic rings. The van der Waals surface area contributed by atoms with E-state index in [0.29, 0.717) is 21.1 Å². The highest BCUT2D eigenvalue weighted by Gasteiger charge is 2.19. The number of aromatic nitrogens is 2. The summed E-state index contributed by atoms with van der Waals surface area (Å²) in [6.45, 7) is 1.68. The molecule has 0 saturated heterocycles. The lowest BCUT2D eigenvalue weighted by atomic mass is 10.00. The van der Waals surface area contributed by atoms with Gasteiger partial charge in [-0.1, -0.05) is 54.1 Å². The molecule has 0 aliphatic heterocycles. The second-order valence-electron chi connectivity index (χ2n) is 6.41. The number of thiophene rings is 1. The second-order valence-corrected chi connectivity index (χ2v) is 7.84. The van der Waals surface area contributed by atoms with Gasteiger partial charge in [0.25, 0.3) is 0 Å². The molecule has 0 radical (unpaired) electrons. The van der Waals surface area contributed by atoms with E-state index in [-0.39, 0.29) is 5.63 Å². The molecule has 28 heavy (non-hydrogen) atoms. The van der Waals surface area contributed by atoms with Crippen molar-refractivity contribution >= 4 is 43.4 Å². The summed E-state index contributed by atoms with van der Waals surface area (Å²) in [4.78, 5) is 22.5. The van der Waals surface area contributed by atoms with Crippen LogP contribution in [0.2, 0.25) is 5.02 Å². The zero-order valence-electron chi connectivity index (χ0n) is 14.8. The Kier molecular flexibility index (Phi) is 4.00. The molecule has 0 spiro atoms. The van der Waals surface area contributed by atoms with E-state index < -0.39 is 0 Å². The number of hydrogen-bond donors (Lipinski definition) is 0. The van der Waals surface area contributed by atoms with Gasteiger partial charge in [0.1, 0.15) is 15.0 Å². The second kappa shape index (κ2) is 6.55. The Labute approximate surface area is 169 Å². The summed E-state index contributed by atoms with van der Waals surface area (Å²) in [5.41, 5.74) is 4.05. The van der Waals surface area contributed by atoms with E-state index >= 15 is 0 Å². The van der Waals surface area contributed by atoms with Gasteiger partial charge in [-0.3, -0.25) is 0 Å². The maximum atomic E-state index is 12.4. The summed E-state index contributed by atoms with van der Waals surface area (Å²) in [6.07, 6.45) is 0. The quantitative estimate of drug-likeness (QED) is 0.357. The number of nitrogens with zero attached hydrogens (tertiary/aromatic N) is 2. The van der Waals surface area contributed by atoms with E-state index in [4.69, 9.17) is 21.0 Å². The van der Waals surface area contributed by atoms with Crippen molar-refractivity contribution in [2.45, 2.75) is 6.92 Å². The third-order valence-electron chi connectivity index (χ3n) is 4.56. The lowest BCUT2D eigenvalue weighted by Gasteiger charge is -2.08. The third-order valence-corrected chi connectivity index (χ3v) is 5.86. The van der Waals surface area contributed by atoms with Gasteiger partial charge in [0.05, 0.1) is 5.69 Å². The molecular formula is C22H13ClN2O2S. The first kappa shape index (κ1) is 17.1. The van der Waals surface area contributed by atoms with Gasteiger partial charge in [-0.05, 0) is 29.3 Å². The van der Waals surface area contributed by atoms with Crippen LogP contribution in [0.3, 0.4) is 0 Å². The zero-order chi connectivity index (χ0) is 19.3. The van der Waals surface area contributed by atoms with Crippen molar-refractivity contribution < 1.29 is 4.42 Å². The first-order valence-electron chi connectivity index (χ1n) is 8.66. The number of fused-ring (bicyclic) bond motifs is 3. The van der Waals surface area contributed by atoms with Crippen molar-refractivity contribution in [3.63, 3.8) is 0 Å². The molecule has 0 atom stereocenters. The largest absolute Gasteiger partial charge is 0.408 e. The van der Waals surface area contributed by atoms with Crippen LogP contribution in [0.15, 0.2) is 69.9 Å². The van der Waals surface area contributed by atoms with Gasteiger partial charge in [0, 0.05) is 22.9 Å². The fourth-order valence-corrected chi connectivity index (χ4v) is 4.44. The molecule has 0 aliphatic carbocycles. The minimum atomic E-state index is -0.381. The average molecular weight is 405 g/mol. The minimum Gasteiger partial charge on any atom is -0.408 e. The summed E-state index contributed by atoms with van der Waals surface area (Å²) >= 11 is 7.40. The predicted octanol–water partition coefficient (Wildman–Crippen LogP) is 6.09. The fourth-order valence-electron chi connectivity index (χ4n) is 3.30. The van der Waals surface area contributed by atoms with E-state index in [0.717, 1.165) is 32.6 Å². The molecule has 0 saturated carbocycles. The van der Waals surface area contributed by atoms with Gasteiger partial charge in [0.2, 0.25) is 0 Å². The van der Waals surface area contributed by atoms with Crippen LogP contribution < -0.4 is 5.63 Å². The van der Waals surface area contributed by atoms with Gasteiger partial charge in [-0.25, -0.2) is 14.8 Å². The lowest BCUT2D eigenvalue weighted by molar-refractivity contribution is 0.468. The van der Waals surface area contributed by atoms with E-state index in [9.17, 15) is 4.79 Å². The topological polar surface area (TPSA) is 56.0 Å². The van der Waals surface area contributed by atoms with Crippen molar-refractivity contribution in [2.75, 3.05) is 0 Å². The first-order chi connectivity index (χ1) is 13.6. The number of aryl methyl sites for hydroxylation is 1. The van der Waals surface area contributed by atoms with Crippen LogP contribution in [-0.2, 0) is 0 Å². The molecule has 0 N–H and O–H groups in total. The minimum absolute atomic E-state index is 0.339. The van der Waals surface area contributed by atoms with E-state index in [1.165, 1.54) is 11.3 Å². The highest BCUT2D eigenvalue weighted by molar-refractivity contribution is 7.25. The smallest absolute Gasteiger partial charge is 0.357 e. The van der Waals surface area contributed by atoms with Crippen LogP contribution in [0.4, 0.5) is 0 Å². The molecule has 3 heterocycles. The molecule has 0 unspecified atom stereocenters. The van der Waals surface area contributed by atoms with Crippen molar-refractivity contribution in [3.05, 3.63) is 82.0 Å². The normalized spacial score (nSPS) is 11.4. The molecule has 4 nitrogen and oxygen atoms in total. The average Bonchev–Trinajstić information content (AvgIpc) is 3.07. The standard InChI is InChI=1S/C22H13ClN2O2S/c1-12-24-19-18-16(13-7-9-15(23)10-8-13)11-17(14-5-3-2-4-6-14)25-21(18)28-20(19)22(26)27-12/h2-11H,1H3. The molecule has 0 aliphatic rings. The van der Waals surface area contributed by atoms with Crippen molar-refractivity contribution in [1.82, 2.24) is 9.97 Å².